The molecule has 2 atom stereocenters. The molecule has 0 saturated heterocycles. The first-order valence-electron chi connectivity index (χ1n) is 5.80. The molecule has 13 heavy (non-hydrogen) atoms. The maximum Gasteiger partial charge on any atom is -0.0337 e. The van der Waals surface area contributed by atoms with Gasteiger partial charge in [-0.25, -0.2) is 0 Å². The summed E-state index contributed by atoms with van der Waals surface area (Å²) in [5.74, 6) is 2.54. The minimum Gasteiger partial charge on any atom is -0.0654 e. The van der Waals surface area contributed by atoms with Crippen LogP contribution in [0.15, 0.2) is 0 Å². The maximum absolute atomic E-state index is 2.41. The summed E-state index contributed by atoms with van der Waals surface area (Å²) >= 11 is 0. The average Bonchev–Trinajstić information content (AvgIpc) is 1.96. The topological polar surface area (TPSA) is 0 Å². The standard InChI is InChI=1S/C13H28/c1-8-9-12(13(5,6)7)11(4)10(2)3/h10-12H,8-9H2,1-7H3. The van der Waals surface area contributed by atoms with Crippen molar-refractivity contribution < 1.29 is 0 Å². The Morgan fingerprint density at radius 2 is 1.46 bits per heavy atom. The second-order valence-corrected chi connectivity index (χ2v) is 5.86. The fourth-order valence-electron chi connectivity index (χ4n) is 2.26. The maximum atomic E-state index is 2.41. The van der Waals surface area contributed by atoms with Gasteiger partial charge in [-0.3, -0.25) is 0 Å². The second kappa shape index (κ2) is 5.02. The van der Waals surface area contributed by atoms with Crippen LogP contribution >= 0.6 is 0 Å². The molecular weight excluding hydrogens is 156 g/mol. The fraction of sp³-hybridized carbons (Fsp3) is 1.00. The Hall–Kier alpha value is 0. The molecule has 0 N–H and O–H groups in total. The third-order valence-electron chi connectivity index (χ3n) is 3.40. The van der Waals surface area contributed by atoms with Crippen LogP contribution in [0.2, 0.25) is 0 Å². The molecule has 0 fully saturated rings. The Bertz CT molecular complexity index is 127. The van der Waals surface area contributed by atoms with Crippen molar-refractivity contribution in [2.24, 2.45) is 23.2 Å². The summed E-state index contributed by atoms with van der Waals surface area (Å²) < 4.78 is 0. The van der Waals surface area contributed by atoms with Gasteiger partial charge in [0.1, 0.15) is 0 Å². The third kappa shape index (κ3) is 4.15. The van der Waals surface area contributed by atoms with Crippen LogP contribution < -0.4 is 0 Å². The van der Waals surface area contributed by atoms with E-state index in [1.54, 1.807) is 0 Å². The highest BCUT2D eigenvalue weighted by Gasteiger charge is 2.29. The van der Waals surface area contributed by atoms with E-state index in [9.17, 15) is 0 Å². The minimum absolute atomic E-state index is 0.472. The van der Waals surface area contributed by atoms with E-state index in [2.05, 4.69) is 48.5 Å². The number of hydrogen-bond donors (Lipinski definition) is 0. The third-order valence-corrected chi connectivity index (χ3v) is 3.40. The number of hydrogen-bond acceptors (Lipinski definition) is 0. The summed E-state index contributed by atoms with van der Waals surface area (Å²) in [6, 6.07) is 0. The lowest BCUT2D eigenvalue weighted by molar-refractivity contribution is 0.123. The molecule has 0 aliphatic rings. The van der Waals surface area contributed by atoms with Crippen molar-refractivity contribution >= 4 is 0 Å². The van der Waals surface area contributed by atoms with Crippen LogP contribution in [0.5, 0.6) is 0 Å². The molecule has 0 aromatic carbocycles. The van der Waals surface area contributed by atoms with Gasteiger partial charge in [-0.1, -0.05) is 54.9 Å². The van der Waals surface area contributed by atoms with Gasteiger partial charge in [0.15, 0.2) is 0 Å². The van der Waals surface area contributed by atoms with E-state index >= 15 is 0 Å². The van der Waals surface area contributed by atoms with Crippen LogP contribution in [0, 0.1) is 23.2 Å². The van der Waals surface area contributed by atoms with Gasteiger partial charge in [0.05, 0.1) is 0 Å². The van der Waals surface area contributed by atoms with Crippen molar-refractivity contribution in [2.45, 2.75) is 61.3 Å². The Morgan fingerprint density at radius 3 is 1.69 bits per heavy atom. The van der Waals surface area contributed by atoms with Gasteiger partial charge in [-0.2, -0.15) is 0 Å². The van der Waals surface area contributed by atoms with Gasteiger partial charge in [0, 0.05) is 0 Å². The highest BCUT2D eigenvalue weighted by molar-refractivity contribution is 4.79. The zero-order valence-electron chi connectivity index (χ0n) is 10.6. The van der Waals surface area contributed by atoms with E-state index < -0.39 is 0 Å². The Morgan fingerprint density at radius 1 is 1.00 bits per heavy atom. The normalized spacial score (nSPS) is 17.5. The van der Waals surface area contributed by atoms with E-state index in [-0.39, 0.29) is 0 Å². The van der Waals surface area contributed by atoms with Gasteiger partial charge >= 0.3 is 0 Å². The van der Waals surface area contributed by atoms with E-state index in [0.717, 1.165) is 17.8 Å². The fourth-order valence-corrected chi connectivity index (χ4v) is 2.26. The van der Waals surface area contributed by atoms with Crippen molar-refractivity contribution in [1.82, 2.24) is 0 Å². The summed E-state index contributed by atoms with van der Waals surface area (Å²) in [6.45, 7) is 16.5. The average molecular weight is 184 g/mol. The monoisotopic (exact) mass is 184 g/mol. The van der Waals surface area contributed by atoms with Gasteiger partial charge in [0.2, 0.25) is 0 Å². The van der Waals surface area contributed by atoms with E-state index in [1.807, 2.05) is 0 Å². The van der Waals surface area contributed by atoms with Gasteiger partial charge in [-0.15, -0.1) is 0 Å². The largest absolute Gasteiger partial charge is 0.0654 e. The van der Waals surface area contributed by atoms with E-state index in [1.165, 1.54) is 12.8 Å². The van der Waals surface area contributed by atoms with Gasteiger partial charge in [0.25, 0.3) is 0 Å². The molecule has 0 radical (unpaired) electrons. The molecule has 80 valence electrons. The molecular formula is C13H28. The van der Waals surface area contributed by atoms with Crippen molar-refractivity contribution in [1.29, 1.82) is 0 Å². The zero-order chi connectivity index (χ0) is 10.6. The van der Waals surface area contributed by atoms with Crippen LogP contribution in [-0.2, 0) is 0 Å². The van der Waals surface area contributed by atoms with Crippen LogP contribution in [0.25, 0.3) is 0 Å². The Kier molecular flexibility index (Phi) is 5.02. The Labute approximate surface area is 85.1 Å². The highest BCUT2D eigenvalue weighted by atomic mass is 14.3. The van der Waals surface area contributed by atoms with Crippen LogP contribution in [0.4, 0.5) is 0 Å². The number of rotatable bonds is 4. The molecule has 0 aliphatic heterocycles. The molecule has 0 heterocycles. The summed E-state index contributed by atoms with van der Waals surface area (Å²) in [7, 11) is 0. The predicted molar refractivity (Wildman–Crippen MR) is 61.9 cm³/mol. The van der Waals surface area contributed by atoms with Crippen LogP contribution in [0.1, 0.15) is 61.3 Å². The quantitative estimate of drug-likeness (QED) is 0.592. The minimum atomic E-state index is 0.472. The van der Waals surface area contributed by atoms with E-state index in [4.69, 9.17) is 0 Å². The first-order chi connectivity index (χ1) is 5.80. The molecule has 0 saturated carbocycles. The first-order valence-corrected chi connectivity index (χ1v) is 5.80. The highest BCUT2D eigenvalue weighted by Crippen LogP contribution is 2.38. The second-order valence-electron chi connectivity index (χ2n) is 5.86. The summed E-state index contributed by atoms with van der Waals surface area (Å²) in [6.07, 6.45) is 2.70. The molecule has 0 spiro atoms. The molecule has 0 rings (SSSR count). The van der Waals surface area contributed by atoms with Crippen molar-refractivity contribution in [3.05, 3.63) is 0 Å². The Balaban J connectivity index is 4.41. The van der Waals surface area contributed by atoms with Gasteiger partial charge < -0.3 is 0 Å². The predicted octanol–water partition coefficient (Wildman–Crippen LogP) is 4.74. The van der Waals surface area contributed by atoms with Crippen molar-refractivity contribution in [2.75, 3.05) is 0 Å². The molecule has 0 heteroatoms. The zero-order valence-corrected chi connectivity index (χ0v) is 10.6. The first kappa shape index (κ1) is 13.0. The molecule has 0 aliphatic carbocycles. The molecule has 0 amide bonds. The van der Waals surface area contributed by atoms with Gasteiger partial charge in [-0.05, 0) is 29.6 Å². The van der Waals surface area contributed by atoms with E-state index in [0.29, 0.717) is 5.41 Å². The SMILES string of the molecule is CCCC(C(C)C(C)C)C(C)(C)C. The summed E-state index contributed by atoms with van der Waals surface area (Å²) in [4.78, 5) is 0. The van der Waals surface area contributed by atoms with Crippen molar-refractivity contribution in [3.8, 4) is 0 Å². The van der Waals surface area contributed by atoms with Crippen molar-refractivity contribution in [3.63, 3.8) is 0 Å². The van der Waals surface area contributed by atoms with Crippen LogP contribution in [0.3, 0.4) is 0 Å². The van der Waals surface area contributed by atoms with Crippen LogP contribution in [-0.4, -0.2) is 0 Å². The molecule has 0 nitrogen and oxygen atoms in total. The lowest BCUT2D eigenvalue weighted by Crippen LogP contribution is -2.29. The molecule has 0 aromatic heterocycles. The lowest BCUT2D eigenvalue weighted by atomic mass is 9.68. The lowest BCUT2D eigenvalue weighted by Gasteiger charge is -2.37. The molecule has 0 bridgehead atoms. The smallest absolute Gasteiger partial charge is 0.0337 e. The molecule has 0 aromatic rings. The summed E-state index contributed by atoms with van der Waals surface area (Å²) in [5.41, 5.74) is 0.472. The summed E-state index contributed by atoms with van der Waals surface area (Å²) in [5, 5.41) is 0. The molecule has 2 unspecified atom stereocenters.